The number of aliphatic carboxylic acids is 1. The van der Waals surface area contributed by atoms with Crippen LogP contribution in [0.2, 0.25) is 0 Å². The number of aromatic nitrogens is 3. The molecule has 45 heavy (non-hydrogen) atoms. The van der Waals surface area contributed by atoms with Gasteiger partial charge in [0.05, 0.1) is 10.6 Å². The zero-order valence-corrected chi connectivity index (χ0v) is 24.3. The molecule has 1 N–H and O–H groups in total. The number of oxazole rings is 1. The maximum absolute atomic E-state index is 14.5. The van der Waals surface area contributed by atoms with Crippen molar-refractivity contribution < 1.29 is 49.8 Å². The first-order valence-corrected chi connectivity index (χ1v) is 14.9. The molecule has 6 rings (SSSR count). The van der Waals surface area contributed by atoms with Gasteiger partial charge in [0.15, 0.2) is 33.0 Å². The molecule has 0 radical (unpaired) electrons. The average Bonchev–Trinajstić information content (AvgIpc) is 3.64. The van der Waals surface area contributed by atoms with Crippen LogP contribution < -0.4 is 9.47 Å². The summed E-state index contributed by atoms with van der Waals surface area (Å²) in [6.45, 7) is 1.54. The van der Waals surface area contributed by atoms with E-state index in [0.29, 0.717) is 16.7 Å². The molecule has 0 atom stereocenters. The molecule has 15 heteroatoms. The van der Waals surface area contributed by atoms with E-state index in [1.165, 1.54) is 37.4 Å². The summed E-state index contributed by atoms with van der Waals surface area (Å²) in [6.07, 6.45) is -2.79. The van der Waals surface area contributed by atoms with Gasteiger partial charge in [-0.15, -0.1) is 8.78 Å². The van der Waals surface area contributed by atoms with Crippen LogP contribution in [0.15, 0.2) is 76.0 Å². The largest absolute Gasteiger partial charge is 0.586 e. The van der Waals surface area contributed by atoms with Crippen LogP contribution in [-0.2, 0) is 27.6 Å². The molecule has 1 aliphatic heterocycles. The van der Waals surface area contributed by atoms with Gasteiger partial charge in [-0.3, -0.25) is 4.68 Å². The number of benzene rings is 3. The highest BCUT2D eigenvalue weighted by atomic mass is 32.2. The highest BCUT2D eigenvalue weighted by Crippen LogP contribution is 2.46. The maximum Gasteiger partial charge on any atom is 0.586 e. The predicted octanol–water partition coefficient (Wildman–Crippen LogP) is 6.29. The summed E-state index contributed by atoms with van der Waals surface area (Å²) in [5.41, 5.74) is 1.08. The summed E-state index contributed by atoms with van der Waals surface area (Å²) in [5.74, 6) is -6.84. The average molecular weight is 644 g/mol. The zero-order chi connectivity index (χ0) is 32.5. The van der Waals surface area contributed by atoms with Gasteiger partial charge in [-0.25, -0.2) is 18.2 Å². The van der Waals surface area contributed by atoms with Crippen LogP contribution in [0.5, 0.6) is 11.5 Å². The standard InChI is InChI=1S/C30H21F4N3O7S/c1-15-35-26(18-8-10-23-24(13-18)44-30(33,34)43-23)27(42-15)21-12-17(16-5-4-6-19(11-16)45(3,40)41)7-9-20(21)22-14-25(36-37(22)2)29(31,32)28(38)39/h4-14H,1-3H3,(H,38,39). The summed E-state index contributed by atoms with van der Waals surface area (Å²) in [6, 6.07) is 15.9. The first-order valence-electron chi connectivity index (χ1n) is 13.0. The highest BCUT2D eigenvalue weighted by molar-refractivity contribution is 7.90. The zero-order valence-electron chi connectivity index (χ0n) is 23.5. The molecule has 0 bridgehead atoms. The molecule has 1 aliphatic rings. The van der Waals surface area contributed by atoms with E-state index in [2.05, 4.69) is 19.6 Å². The molecule has 0 unspecified atom stereocenters. The van der Waals surface area contributed by atoms with E-state index in [4.69, 9.17) is 9.52 Å². The Morgan fingerprint density at radius 2 is 1.62 bits per heavy atom. The van der Waals surface area contributed by atoms with Gasteiger partial charge >= 0.3 is 18.2 Å². The van der Waals surface area contributed by atoms with Gasteiger partial charge < -0.3 is 19.0 Å². The lowest BCUT2D eigenvalue weighted by Gasteiger charge is -2.13. The van der Waals surface area contributed by atoms with Crippen LogP contribution in [0.25, 0.3) is 45.0 Å². The van der Waals surface area contributed by atoms with Crippen molar-refractivity contribution in [2.75, 3.05) is 6.26 Å². The molecule has 232 valence electrons. The number of alkyl halides is 4. The van der Waals surface area contributed by atoms with Crippen LogP contribution in [0.3, 0.4) is 0 Å². The number of aryl methyl sites for hydroxylation is 2. The van der Waals surface area contributed by atoms with Gasteiger partial charge in [-0.1, -0.05) is 24.3 Å². The van der Waals surface area contributed by atoms with Crippen molar-refractivity contribution in [3.63, 3.8) is 0 Å². The van der Waals surface area contributed by atoms with E-state index in [9.17, 15) is 30.8 Å². The van der Waals surface area contributed by atoms with E-state index in [1.54, 1.807) is 37.3 Å². The molecule has 0 amide bonds. The third kappa shape index (κ3) is 5.39. The summed E-state index contributed by atoms with van der Waals surface area (Å²) in [4.78, 5) is 15.8. The van der Waals surface area contributed by atoms with Gasteiger partial charge in [-0.05, 0) is 53.6 Å². The number of ether oxygens (including phenoxy) is 2. The van der Waals surface area contributed by atoms with Crippen molar-refractivity contribution in [2.24, 2.45) is 7.05 Å². The lowest BCUT2D eigenvalue weighted by Crippen LogP contribution is -2.26. The second-order valence-electron chi connectivity index (χ2n) is 10.2. The fraction of sp³-hybridized carbons (Fsp3) is 0.167. The third-order valence-corrected chi connectivity index (χ3v) is 8.12. The Bertz CT molecular complexity index is 2120. The van der Waals surface area contributed by atoms with Crippen molar-refractivity contribution in [1.82, 2.24) is 14.8 Å². The van der Waals surface area contributed by atoms with Crippen LogP contribution in [0.1, 0.15) is 11.6 Å². The Hall–Kier alpha value is -5.18. The quantitative estimate of drug-likeness (QED) is 0.203. The van der Waals surface area contributed by atoms with Crippen molar-refractivity contribution >= 4 is 15.8 Å². The molecule has 3 aromatic carbocycles. The smallest absolute Gasteiger partial charge is 0.476 e. The molecule has 0 spiro atoms. The van der Waals surface area contributed by atoms with E-state index >= 15 is 0 Å². The van der Waals surface area contributed by atoms with Gasteiger partial charge in [0.2, 0.25) is 0 Å². The van der Waals surface area contributed by atoms with Crippen molar-refractivity contribution in [1.29, 1.82) is 0 Å². The van der Waals surface area contributed by atoms with Crippen LogP contribution in [-0.4, -0.2) is 46.8 Å². The summed E-state index contributed by atoms with van der Waals surface area (Å²) in [5, 5.41) is 12.8. The van der Waals surface area contributed by atoms with E-state index in [0.717, 1.165) is 17.0 Å². The number of rotatable bonds is 7. The van der Waals surface area contributed by atoms with E-state index < -0.39 is 33.7 Å². The number of fused-ring (bicyclic) bond motifs is 1. The minimum atomic E-state index is -4.29. The second kappa shape index (κ2) is 10.2. The Labute approximate surface area is 252 Å². The van der Waals surface area contributed by atoms with Crippen LogP contribution in [0, 0.1) is 6.92 Å². The number of carboxylic acids is 1. The van der Waals surface area contributed by atoms with E-state index in [1.807, 2.05) is 0 Å². The molecule has 0 saturated heterocycles. The summed E-state index contributed by atoms with van der Waals surface area (Å²) in [7, 11) is -2.20. The van der Waals surface area contributed by atoms with Gasteiger partial charge in [0.25, 0.3) is 0 Å². The number of nitrogens with zero attached hydrogens (tertiary/aromatic N) is 3. The van der Waals surface area contributed by atoms with E-state index in [-0.39, 0.29) is 50.6 Å². The molecular weight excluding hydrogens is 622 g/mol. The topological polar surface area (TPSA) is 134 Å². The fourth-order valence-electron chi connectivity index (χ4n) is 4.93. The van der Waals surface area contributed by atoms with Crippen molar-refractivity contribution in [2.45, 2.75) is 24.0 Å². The Morgan fingerprint density at radius 1 is 0.933 bits per heavy atom. The molecule has 5 aromatic rings. The fourth-order valence-corrected chi connectivity index (χ4v) is 5.59. The Kier molecular flexibility index (Phi) is 6.76. The molecule has 10 nitrogen and oxygen atoms in total. The SMILES string of the molecule is Cc1nc(-c2ccc3c(c2)OC(F)(F)O3)c(-c2cc(-c3cccc(S(C)(=O)=O)c3)ccc2-c2cc(C(F)(F)C(=O)O)nn2C)o1. The molecule has 3 heterocycles. The minimum Gasteiger partial charge on any atom is -0.476 e. The minimum absolute atomic E-state index is 0.0613. The third-order valence-electron chi connectivity index (χ3n) is 7.01. The number of hydrogen-bond acceptors (Lipinski definition) is 8. The Balaban J connectivity index is 1.58. The normalized spacial score (nSPS) is 14.1. The first kappa shape index (κ1) is 29.9. The monoisotopic (exact) mass is 643 g/mol. The lowest BCUT2D eigenvalue weighted by molar-refractivity contribution is -0.286. The molecule has 0 fully saturated rings. The van der Waals surface area contributed by atoms with Crippen LogP contribution in [0.4, 0.5) is 17.6 Å². The highest BCUT2D eigenvalue weighted by Gasteiger charge is 2.45. The first-order chi connectivity index (χ1) is 21.0. The number of carboxylic acid groups (broad SMARTS) is 1. The summed E-state index contributed by atoms with van der Waals surface area (Å²) >= 11 is 0. The van der Waals surface area contributed by atoms with Gasteiger partial charge in [0, 0.05) is 36.9 Å². The van der Waals surface area contributed by atoms with Crippen molar-refractivity contribution in [3.05, 3.63) is 78.3 Å². The Morgan fingerprint density at radius 3 is 2.33 bits per heavy atom. The summed E-state index contributed by atoms with van der Waals surface area (Å²) < 4.78 is 97.0. The number of carbonyl (C=O) groups is 1. The number of halogens is 4. The molecular formula is C30H21F4N3O7S. The van der Waals surface area contributed by atoms with Crippen LogP contribution >= 0.6 is 0 Å². The predicted molar refractivity (Wildman–Crippen MR) is 151 cm³/mol. The lowest BCUT2D eigenvalue weighted by atomic mass is 9.94. The number of hydrogen-bond donors (Lipinski definition) is 1. The molecule has 0 aliphatic carbocycles. The second-order valence-corrected chi connectivity index (χ2v) is 12.2. The number of sulfone groups is 1. The van der Waals surface area contributed by atoms with Crippen molar-refractivity contribution in [3.8, 4) is 56.5 Å². The molecule has 2 aromatic heterocycles. The molecule has 0 saturated carbocycles. The maximum atomic E-state index is 14.5. The van der Waals surface area contributed by atoms with Gasteiger partial charge in [0.1, 0.15) is 11.4 Å². The van der Waals surface area contributed by atoms with Gasteiger partial charge in [-0.2, -0.15) is 13.9 Å².